The maximum atomic E-state index is 12.0. The summed E-state index contributed by atoms with van der Waals surface area (Å²) in [6.07, 6.45) is 5.41. The molecule has 0 saturated heterocycles. The van der Waals surface area contributed by atoms with Crippen molar-refractivity contribution in [3.05, 3.63) is 11.3 Å². The van der Waals surface area contributed by atoms with Gasteiger partial charge in [0.15, 0.2) is 0 Å². The van der Waals surface area contributed by atoms with Crippen LogP contribution in [-0.4, -0.2) is 32.9 Å². The van der Waals surface area contributed by atoms with E-state index < -0.39 is 5.97 Å². The third-order valence-corrected chi connectivity index (χ3v) is 3.61. The fraction of sp³-hybridized carbons (Fsp3) is 0.615. The molecule has 1 aliphatic rings. The van der Waals surface area contributed by atoms with Gasteiger partial charge >= 0.3 is 12.0 Å². The third-order valence-electron chi connectivity index (χ3n) is 3.61. The normalized spacial score (nSPS) is 15.9. The lowest BCUT2D eigenvalue weighted by molar-refractivity contribution is 0.0697. The Bertz CT molecular complexity index is 518. The molecule has 3 N–H and O–H groups in total. The van der Waals surface area contributed by atoms with Crippen LogP contribution in [0.15, 0.2) is 0 Å². The largest absolute Gasteiger partial charge is 0.477 e. The van der Waals surface area contributed by atoms with Crippen LogP contribution in [0.4, 0.5) is 10.6 Å². The Labute approximate surface area is 117 Å². The van der Waals surface area contributed by atoms with Crippen molar-refractivity contribution in [2.45, 2.75) is 45.1 Å². The first kappa shape index (κ1) is 14.4. The van der Waals surface area contributed by atoms with E-state index in [0.29, 0.717) is 5.69 Å². The first-order chi connectivity index (χ1) is 9.49. The molecule has 2 amide bonds. The molecule has 1 saturated carbocycles. The van der Waals surface area contributed by atoms with Gasteiger partial charge in [-0.2, -0.15) is 5.10 Å². The van der Waals surface area contributed by atoms with Gasteiger partial charge in [-0.05, 0) is 19.8 Å². The summed E-state index contributed by atoms with van der Waals surface area (Å²) >= 11 is 0. The number of aromatic carboxylic acids is 1. The van der Waals surface area contributed by atoms with E-state index in [1.54, 1.807) is 14.0 Å². The molecule has 1 heterocycles. The van der Waals surface area contributed by atoms with Gasteiger partial charge in [0.25, 0.3) is 0 Å². The molecule has 7 heteroatoms. The third kappa shape index (κ3) is 3.09. The summed E-state index contributed by atoms with van der Waals surface area (Å²) in [6.45, 7) is 1.60. The summed E-state index contributed by atoms with van der Waals surface area (Å²) in [4.78, 5) is 23.2. The Balaban J connectivity index is 2.05. The molecule has 1 aliphatic carbocycles. The van der Waals surface area contributed by atoms with E-state index in [4.69, 9.17) is 5.11 Å². The smallest absolute Gasteiger partial charge is 0.341 e. The van der Waals surface area contributed by atoms with Crippen LogP contribution in [0.5, 0.6) is 0 Å². The van der Waals surface area contributed by atoms with Crippen molar-refractivity contribution in [1.29, 1.82) is 0 Å². The van der Waals surface area contributed by atoms with Crippen molar-refractivity contribution in [3.8, 4) is 0 Å². The number of rotatable bonds is 3. The molecular formula is C13H20N4O3. The maximum absolute atomic E-state index is 12.0. The van der Waals surface area contributed by atoms with Crippen LogP contribution in [0.1, 0.15) is 48.2 Å². The molecule has 0 bridgehead atoms. The number of hydrogen-bond donors (Lipinski definition) is 3. The highest BCUT2D eigenvalue weighted by Crippen LogP contribution is 2.20. The van der Waals surface area contributed by atoms with Crippen LogP contribution in [-0.2, 0) is 7.05 Å². The van der Waals surface area contributed by atoms with Crippen molar-refractivity contribution < 1.29 is 14.7 Å². The number of anilines is 1. The van der Waals surface area contributed by atoms with Crippen LogP contribution < -0.4 is 10.6 Å². The SMILES string of the molecule is Cc1nn(C)c(NC(=O)NC2CCCCC2)c1C(=O)O. The van der Waals surface area contributed by atoms with Gasteiger partial charge in [-0.1, -0.05) is 19.3 Å². The van der Waals surface area contributed by atoms with Crippen LogP contribution in [0.2, 0.25) is 0 Å². The van der Waals surface area contributed by atoms with E-state index in [1.165, 1.54) is 11.1 Å². The molecule has 0 atom stereocenters. The van der Waals surface area contributed by atoms with Gasteiger partial charge in [0.1, 0.15) is 11.4 Å². The van der Waals surface area contributed by atoms with Crippen molar-refractivity contribution >= 4 is 17.8 Å². The number of aromatic nitrogens is 2. The van der Waals surface area contributed by atoms with Gasteiger partial charge in [-0.25, -0.2) is 9.59 Å². The minimum Gasteiger partial charge on any atom is -0.477 e. The first-order valence-corrected chi connectivity index (χ1v) is 6.83. The zero-order valence-corrected chi connectivity index (χ0v) is 11.8. The Kier molecular flexibility index (Phi) is 4.26. The molecule has 0 aliphatic heterocycles. The summed E-state index contributed by atoms with van der Waals surface area (Å²) in [5.74, 6) is -0.883. The lowest BCUT2D eigenvalue weighted by atomic mass is 9.96. The van der Waals surface area contributed by atoms with Gasteiger partial charge in [0.2, 0.25) is 0 Å². The van der Waals surface area contributed by atoms with Crippen molar-refractivity contribution in [3.63, 3.8) is 0 Å². The number of nitrogens with zero attached hydrogens (tertiary/aromatic N) is 2. The Hall–Kier alpha value is -2.05. The number of hydrogen-bond acceptors (Lipinski definition) is 3. The number of aryl methyl sites for hydroxylation is 2. The van der Waals surface area contributed by atoms with Crippen LogP contribution in [0, 0.1) is 6.92 Å². The van der Waals surface area contributed by atoms with Crippen LogP contribution in [0.3, 0.4) is 0 Å². The summed E-state index contributed by atoms with van der Waals surface area (Å²) < 4.78 is 1.37. The number of carbonyl (C=O) groups is 2. The van der Waals surface area contributed by atoms with Crippen molar-refractivity contribution in [2.24, 2.45) is 7.05 Å². The van der Waals surface area contributed by atoms with Gasteiger partial charge < -0.3 is 10.4 Å². The number of urea groups is 1. The van der Waals surface area contributed by atoms with Gasteiger partial charge in [0.05, 0.1) is 5.69 Å². The van der Waals surface area contributed by atoms with E-state index in [2.05, 4.69) is 15.7 Å². The summed E-state index contributed by atoms with van der Waals surface area (Å²) in [7, 11) is 1.61. The molecule has 1 aromatic rings. The maximum Gasteiger partial charge on any atom is 0.341 e. The van der Waals surface area contributed by atoms with Gasteiger partial charge in [0, 0.05) is 13.1 Å². The molecule has 0 radical (unpaired) electrons. The highest BCUT2D eigenvalue weighted by Gasteiger charge is 2.22. The molecule has 1 fully saturated rings. The number of carboxylic acids is 1. The van der Waals surface area contributed by atoms with E-state index in [-0.39, 0.29) is 23.5 Å². The topological polar surface area (TPSA) is 96.3 Å². The van der Waals surface area contributed by atoms with Gasteiger partial charge in [-0.3, -0.25) is 10.00 Å². The molecule has 0 unspecified atom stereocenters. The minimum absolute atomic E-state index is 0.0336. The van der Waals surface area contributed by atoms with Crippen LogP contribution >= 0.6 is 0 Å². The fourth-order valence-electron chi connectivity index (χ4n) is 2.63. The molecule has 110 valence electrons. The molecule has 20 heavy (non-hydrogen) atoms. The number of carbonyl (C=O) groups excluding carboxylic acids is 1. The fourth-order valence-corrected chi connectivity index (χ4v) is 2.63. The highest BCUT2D eigenvalue weighted by molar-refractivity contribution is 5.99. The molecule has 1 aromatic heterocycles. The Morgan fingerprint density at radius 3 is 2.55 bits per heavy atom. The summed E-state index contributed by atoms with van der Waals surface area (Å²) in [5, 5.41) is 18.7. The van der Waals surface area contributed by atoms with E-state index >= 15 is 0 Å². The summed E-state index contributed by atoms with van der Waals surface area (Å²) in [5.41, 5.74) is 0.416. The van der Waals surface area contributed by atoms with Crippen molar-refractivity contribution in [1.82, 2.24) is 15.1 Å². The predicted molar refractivity (Wildman–Crippen MR) is 73.9 cm³/mol. The Morgan fingerprint density at radius 1 is 1.30 bits per heavy atom. The predicted octanol–water partition coefficient (Wildman–Crippen LogP) is 1.88. The standard InChI is InChI=1S/C13H20N4O3/c1-8-10(12(18)19)11(17(2)16-8)15-13(20)14-9-6-4-3-5-7-9/h9H,3-7H2,1-2H3,(H,18,19)(H2,14,15,20). The second-order valence-electron chi connectivity index (χ2n) is 5.17. The molecule has 0 aromatic carbocycles. The van der Waals surface area contributed by atoms with Crippen molar-refractivity contribution in [2.75, 3.05) is 5.32 Å². The second kappa shape index (κ2) is 5.94. The number of amides is 2. The molecule has 7 nitrogen and oxygen atoms in total. The zero-order valence-electron chi connectivity index (χ0n) is 11.8. The molecular weight excluding hydrogens is 260 g/mol. The average Bonchev–Trinajstić information content (AvgIpc) is 2.65. The van der Waals surface area contributed by atoms with Gasteiger partial charge in [-0.15, -0.1) is 0 Å². The quantitative estimate of drug-likeness (QED) is 0.787. The average molecular weight is 280 g/mol. The lowest BCUT2D eigenvalue weighted by Gasteiger charge is -2.22. The minimum atomic E-state index is -1.09. The lowest BCUT2D eigenvalue weighted by Crippen LogP contribution is -2.39. The first-order valence-electron chi connectivity index (χ1n) is 6.83. The van der Waals surface area contributed by atoms with E-state index in [0.717, 1.165) is 25.7 Å². The zero-order chi connectivity index (χ0) is 14.7. The monoisotopic (exact) mass is 280 g/mol. The van der Waals surface area contributed by atoms with Crippen LogP contribution in [0.25, 0.3) is 0 Å². The number of nitrogens with one attached hydrogen (secondary N) is 2. The number of carboxylic acid groups (broad SMARTS) is 1. The molecule has 0 spiro atoms. The summed E-state index contributed by atoms with van der Waals surface area (Å²) in [6, 6.07) is -0.200. The highest BCUT2D eigenvalue weighted by atomic mass is 16.4. The van der Waals surface area contributed by atoms with E-state index in [1.807, 2.05) is 0 Å². The Morgan fingerprint density at radius 2 is 1.95 bits per heavy atom. The molecule has 2 rings (SSSR count). The second-order valence-corrected chi connectivity index (χ2v) is 5.17. The van der Waals surface area contributed by atoms with E-state index in [9.17, 15) is 9.59 Å².